The summed E-state index contributed by atoms with van der Waals surface area (Å²) in [6, 6.07) is -0.434. The fourth-order valence-corrected chi connectivity index (χ4v) is 3.28. The molecule has 2 fully saturated rings. The normalized spacial score (nSPS) is 27.1. The molecular formula is C15H26N2O4. The highest BCUT2D eigenvalue weighted by atomic mass is 16.5. The predicted octanol–water partition coefficient (Wildman–Crippen LogP) is 1.51. The number of carboxylic acid groups (broad SMARTS) is 1. The Labute approximate surface area is 126 Å². The second-order valence-corrected chi connectivity index (χ2v) is 6.51. The van der Waals surface area contributed by atoms with Gasteiger partial charge in [-0.15, -0.1) is 0 Å². The van der Waals surface area contributed by atoms with Gasteiger partial charge in [0.2, 0.25) is 0 Å². The molecule has 0 aromatic rings. The maximum absolute atomic E-state index is 12.5. The SMILES string of the molecule is CC(C)C1CCN(C(=O)N(C)C2COCC2C(=O)O)CC1. The van der Waals surface area contributed by atoms with Gasteiger partial charge in [0.25, 0.3) is 0 Å². The Balaban J connectivity index is 1.92. The van der Waals surface area contributed by atoms with E-state index in [4.69, 9.17) is 4.74 Å². The molecule has 2 aliphatic heterocycles. The summed E-state index contributed by atoms with van der Waals surface area (Å²) >= 11 is 0. The largest absolute Gasteiger partial charge is 0.481 e. The highest BCUT2D eigenvalue weighted by Crippen LogP contribution is 2.26. The predicted molar refractivity (Wildman–Crippen MR) is 78.0 cm³/mol. The van der Waals surface area contributed by atoms with Gasteiger partial charge in [-0.3, -0.25) is 4.79 Å². The molecule has 1 N–H and O–H groups in total. The fourth-order valence-electron chi connectivity index (χ4n) is 3.28. The van der Waals surface area contributed by atoms with Gasteiger partial charge in [0.15, 0.2) is 0 Å². The molecule has 6 nitrogen and oxygen atoms in total. The van der Waals surface area contributed by atoms with Crippen molar-refractivity contribution in [3.8, 4) is 0 Å². The zero-order valence-corrected chi connectivity index (χ0v) is 13.1. The zero-order chi connectivity index (χ0) is 15.6. The summed E-state index contributed by atoms with van der Waals surface area (Å²) in [5.74, 6) is -0.177. The van der Waals surface area contributed by atoms with Crippen LogP contribution in [-0.4, -0.2) is 66.3 Å². The van der Waals surface area contributed by atoms with Crippen LogP contribution in [0, 0.1) is 17.8 Å². The second kappa shape index (κ2) is 6.64. The number of carbonyl (C=O) groups excluding carboxylic acids is 1. The molecule has 0 aromatic carbocycles. The molecule has 21 heavy (non-hydrogen) atoms. The monoisotopic (exact) mass is 298 g/mol. The molecule has 2 heterocycles. The number of rotatable bonds is 3. The van der Waals surface area contributed by atoms with Gasteiger partial charge in [0.05, 0.1) is 19.3 Å². The molecule has 0 aliphatic carbocycles. The Morgan fingerprint density at radius 2 is 1.86 bits per heavy atom. The molecule has 2 rings (SSSR count). The van der Waals surface area contributed by atoms with Gasteiger partial charge < -0.3 is 19.6 Å². The van der Waals surface area contributed by atoms with Crippen LogP contribution >= 0.6 is 0 Å². The number of amides is 2. The van der Waals surface area contributed by atoms with E-state index in [-0.39, 0.29) is 18.7 Å². The van der Waals surface area contributed by atoms with Crippen molar-refractivity contribution in [2.24, 2.45) is 17.8 Å². The molecule has 0 aromatic heterocycles. The third kappa shape index (κ3) is 3.48. The quantitative estimate of drug-likeness (QED) is 0.857. The van der Waals surface area contributed by atoms with E-state index in [0.717, 1.165) is 25.9 Å². The molecule has 0 spiro atoms. The molecule has 0 saturated carbocycles. The van der Waals surface area contributed by atoms with Gasteiger partial charge in [-0.25, -0.2) is 4.79 Å². The van der Waals surface area contributed by atoms with Crippen LogP contribution in [-0.2, 0) is 9.53 Å². The number of hydrogen-bond acceptors (Lipinski definition) is 3. The average molecular weight is 298 g/mol. The van der Waals surface area contributed by atoms with Gasteiger partial charge >= 0.3 is 12.0 Å². The molecular weight excluding hydrogens is 272 g/mol. The van der Waals surface area contributed by atoms with Crippen LogP contribution < -0.4 is 0 Å². The average Bonchev–Trinajstić information content (AvgIpc) is 2.95. The number of carbonyl (C=O) groups is 2. The van der Waals surface area contributed by atoms with E-state index in [0.29, 0.717) is 18.4 Å². The third-order valence-corrected chi connectivity index (χ3v) is 4.92. The van der Waals surface area contributed by atoms with Crippen LogP contribution in [0.15, 0.2) is 0 Å². The molecule has 6 heteroatoms. The van der Waals surface area contributed by atoms with Crippen LogP contribution in [0.3, 0.4) is 0 Å². The molecule has 0 radical (unpaired) electrons. The number of likely N-dealkylation sites (tertiary alicyclic amines) is 1. The molecule has 2 aliphatic rings. The molecule has 2 atom stereocenters. The molecule has 120 valence electrons. The fraction of sp³-hybridized carbons (Fsp3) is 0.867. The summed E-state index contributed by atoms with van der Waals surface area (Å²) in [4.78, 5) is 27.1. The summed E-state index contributed by atoms with van der Waals surface area (Å²) in [6.45, 7) is 6.46. The van der Waals surface area contributed by atoms with Gasteiger partial charge in [-0.2, -0.15) is 0 Å². The van der Waals surface area contributed by atoms with E-state index in [1.165, 1.54) is 0 Å². The topological polar surface area (TPSA) is 70.1 Å². The maximum Gasteiger partial charge on any atom is 0.320 e. The number of urea groups is 1. The third-order valence-electron chi connectivity index (χ3n) is 4.92. The Bertz CT molecular complexity index is 391. The number of ether oxygens (including phenoxy) is 1. The van der Waals surface area contributed by atoms with Crippen molar-refractivity contribution < 1.29 is 19.4 Å². The lowest BCUT2D eigenvalue weighted by Gasteiger charge is -2.37. The van der Waals surface area contributed by atoms with E-state index in [9.17, 15) is 14.7 Å². The lowest BCUT2D eigenvalue weighted by Crippen LogP contribution is -2.51. The van der Waals surface area contributed by atoms with Gasteiger partial charge in [0, 0.05) is 20.1 Å². The van der Waals surface area contributed by atoms with Crippen LogP contribution in [0.2, 0.25) is 0 Å². The van der Waals surface area contributed by atoms with Crippen LogP contribution in [0.25, 0.3) is 0 Å². The van der Waals surface area contributed by atoms with Crippen molar-refractivity contribution in [1.82, 2.24) is 9.80 Å². The summed E-state index contributed by atoms with van der Waals surface area (Å²) in [6.07, 6.45) is 2.06. The highest BCUT2D eigenvalue weighted by Gasteiger charge is 2.40. The van der Waals surface area contributed by atoms with Crippen molar-refractivity contribution >= 4 is 12.0 Å². The Morgan fingerprint density at radius 3 is 2.38 bits per heavy atom. The number of hydrogen-bond donors (Lipinski definition) is 1. The van der Waals surface area contributed by atoms with Gasteiger partial charge in [0.1, 0.15) is 5.92 Å². The zero-order valence-electron chi connectivity index (χ0n) is 13.1. The smallest absolute Gasteiger partial charge is 0.320 e. The van der Waals surface area contributed by atoms with Crippen LogP contribution in [0.4, 0.5) is 4.79 Å². The lowest BCUT2D eigenvalue weighted by atomic mass is 9.87. The molecule has 2 saturated heterocycles. The molecule has 0 bridgehead atoms. The van der Waals surface area contributed by atoms with Gasteiger partial charge in [-0.1, -0.05) is 13.8 Å². The number of nitrogens with zero attached hydrogens (tertiary/aromatic N) is 2. The summed E-state index contributed by atoms with van der Waals surface area (Å²) in [5.41, 5.74) is 0. The lowest BCUT2D eigenvalue weighted by molar-refractivity contribution is -0.142. The van der Waals surface area contributed by atoms with E-state index < -0.39 is 11.9 Å². The number of likely N-dealkylation sites (N-methyl/N-ethyl adjacent to an activating group) is 1. The maximum atomic E-state index is 12.5. The Morgan fingerprint density at radius 1 is 1.24 bits per heavy atom. The first-order valence-corrected chi connectivity index (χ1v) is 7.74. The molecule has 2 amide bonds. The van der Waals surface area contributed by atoms with Crippen molar-refractivity contribution in [1.29, 1.82) is 0 Å². The van der Waals surface area contributed by atoms with Gasteiger partial charge in [-0.05, 0) is 24.7 Å². The Hall–Kier alpha value is -1.30. The standard InChI is InChI=1S/C15H26N2O4/c1-10(2)11-4-6-17(7-5-11)15(20)16(3)13-9-21-8-12(13)14(18)19/h10-13H,4-9H2,1-3H3,(H,18,19). The van der Waals surface area contributed by atoms with Crippen molar-refractivity contribution in [3.63, 3.8) is 0 Å². The Kier molecular flexibility index (Phi) is 5.08. The number of piperidine rings is 1. The van der Waals surface area contributed by atoms with Crippen molar-refractivity contribution in [2.75, 3.05) is 33.4 Å². The first-order chi connectivity index (χ1) is 9.91. The van der Waals surface area contributed by atoms with Crippen LogP contribution in [0.5, 0.6) is 0 Å². The summed E-state index contributed by atoms with van der Waals surface area (Å²) in [7, 11) is 1.69. The number of aliphatic carboxylic acids is 1. The minimum atomic E-state index is -0.893. The minimum absolute atomic E-state index is 0.0704. The molecule has 2 unspecified atom stereocenters. The minimum Gasteiger partial charge on any atom is -0.481 e. The first kappa shape index (κ1) is 16.1. The summed E-state index contributed by atoms with van der Waals surface area (Å²) < 4.78 is 5.24. The van der Waals surface area contributed by atoms with E-state index >= 15 is 0 Å². The number of carboxylic acids is 1. The summed E-state index contributed by atoms with van der Waals surface area (Å²) in [5, 5.41) is 9.19. The van der Waals surface area contributed by atoms with E-state index in [2.05, 4.69) is 13.8 Å². The van der Waals surface area contributed by atoms with Crippen LogP contribution in [0.1, 0.15) is 26.7 Å². The van der Waals surface area contributed by atoms with Crippen molar-refractivity contribution in [3.05, 3.63) is 0 Å². The first-order valence-electron chi connectivity index (χ1n) is 7.74. The van der Waals surface area contributed by atoms with Crippen molar-refractivity contribution in [2.45, 2.75) is 32.7 Å². The van der Waals surface area contributed by atoms with E-state index in [1.807, 2.05) is 4.90 Å². The highest BCUT2D eigenvalue weighted by molar-refractivity contribution is 5.77. The van der Waals surface area contributed by atoms with E-state index in [1.54, 1.807) is 11.9 Å². The second-order valence-electron chi connectivity index (χ2n) is 6.51.